The van der Waals surface area contributed by atoms with Gasteiger partial charge in [-0.25, -0.2) is 4.79 Å². The smallest absolute Gasteiger partial charge is 0.328 e. The van der Waals surface area contributed by atoms with Gasteiger partial charge in [0.1, 0.15) is 6.04 Å². The van der Waals surface area contributed by atoms with E-state index in [0.29, 0.717) is 17.2 Å². The van der Waals surface area contributed by atoms with Crippen LogP contribution in [0, 0.1) is 0 Å². The maximum Gasteiger partial charge on any atom is 0.328 e. The Balaban J connectivity index is 2.27. The highest BCUT2D eigenvalue weighted by Crippen LogP contribution is 2.29. The minimum absolute atomic E-state index is 0.0628. The normalized spacial score (nSPS) is 18.4. The molecular formula is C16H20ClNO3. The summed E-state index contributed by atoms with van der Waals surface area (Å²) < 4.78 is 5.16. The zero-order valence-electron chi connectivity index (χ0n) is 12.4. The fourth-order valence-electron chi connectivity index (χ4n) is 2.69. The lowest BCUT2D eigenvalue weighted by atomic mass is 10.0. The first-order valence-corrected chi connectivity index (χ1v) is 7.66. The van der Waals surface area contributed by atoms with E-state index in [2.05, 4.69) is 0 Å². The molecule has 1 aromatic rings. The zero-order chi connectivity index (χ0) is 15.4. The third kappa shape index (κ3) is 3.56. The lowest BCUT2D eigenvalue weighted by molar-refractivity contribution is -0.145. The van der Waals surface area contributed by atoms with Gasteiger partial charge in [-0.15, -0.1) is 0 Å². The summed E-state index contributed by atoms with van der Waals surface area (Å²) in [7, 11) is 0. The lowest BCUT2D eigenvalue weighted by Crippen LogP contribution is -2.45. The summed E-state index contributed by atoms with van der Waals surface area (Å²) >= 11 is 6.17. The molecule has 1 aliphatic rings. The summed E-state index contributed by atoms with van der Waals surface area (Å²) in [6.07, 6.45) is 2.83. The van der Waals surface area contributed by atoms with Gasteiger partial charge in [0.05, 0.1) is 11.6 Å². The van der Waals surface area contributed by atoms with Crippen molar-refractivity contribution >= 4 is 29.0 Å². The highest BCUT2D eigenvalue weighted by atomic mass is 35.5. The average molecular weight is 310 g/mol. The maximum absolute atomic E-state index is 12.1. The van der Waals surface area contributed by atoms with E-state index in [4.69, 9.17) is 16.3 Å². The van der Waals surface area contributed by atoms with Gasteiger partial charge in [-0.3, -0.25) is 4.79 Å². The standard InChI is InChI=1S/C16H20ClNO3/c1-3-21-16(20)15-6-4-5-9-18(15)12-7-8-13(11(2)19)14(17)10-12/h7-8,10,15H,3-6,9H2,1-2H3. The summed E-state index contributed by atoms with van der Waals surface area (Å²) in [6, 6.07) is 5.06. The molecule has 1 aromatic carbocycles. The predicted molar refractivity (Wildman–Crippen MR) is 83.1 cm³/mol. The Kier molecular flexibility index (Phi) is 5.23. The van der Waals surface area contributed by atoms with Crippen LogP contribution in [0.3, 0.4) is 0 Å². The van der Waals surface area contributed by atoms with Gasteiger partial charge in [0.25, 0.3) is 0 Å². The number of piperidine rings is 1. The van der Waals surface area contributed by atoms with Gasteiger partial charge in [-0.05, 0) is 51.3 Å². The molecule has 21 heavy (non-hydrogen) atoms. The molecule has 1 fully saturated rings. The van der Waals surface area contributed by atoms with E-state index in [1.54, 1.807) is 12.1 Å². The van der Waals surface area contributed by atoms with Gasteiger partial charge < -0.3 is 9.64 Å². The molecule has 1 saturated heterocycles. The Hall–Kier alpha value is -1.55. The molecular weight excluding hydrogens is 290 g/mol. The second-order valence-electron chi connectivity index (χ2n) is 5.18. The van der Waals surface area contributed by atoms with Gasteiger partial charge in [0.15, 0.2) is 5.78 Å². The molecule has 0 aromatic heterocycles. The number of benzene rings is 1. The summed E-state index contributed by atoms with van der Waals surface area (Å²) in [5.74, 6) is -0.254. The number of rotatable bonds is 4. The van der Waals surface area contributed by atoms with Gasteiger partial charge >= 0.3 is 5.97 Å². The lowest BCUT2D eigenvalue weighted by Gasteiger charge is -2.36. The first kappa shape index (κ1) is 15.8. The number of nitrogens with zero attached hydrogens (tertiary/aromatic N) is 1. The highest BCUT2D eigenvalue weighted by molar-refractivity contribution is 6.34. The Bertz CT molecular complexity index is 544. The van der Waals surface area contributed by atoms with Gasteiger partial charge in [-0.2, -0.15) is 0 Å². The predicted octanol–water partition coefficient (Wildman–Crippen LogP) is 3.46. The van der Waals surface area contributed by atoms with Crippen LogP contribution in [-0.2, 0) is 9.53 Å². The molecule has 0 radical (unpaired) electrons. The van der Waals surface area contributed by atoms with Gasteiger partial charge in [0, 0.05) is 17.8 Å². The van der Waals surface area contributed by atoms with Crippen LogP contribution in [0.4, 0.5) is 5.69 Å². The molecule has 1 unspecified atom stereocenters. The van der Waals surface area contributed by atoms with E-state index >= 15 is 0 Å². The minimum Gasteiger partial charge on any atom is -0.464 e. The molecule has 1 atom stereocenters. The minimum atomic E-state index is -0.266. The summed E-state index contributed by atoms with van der Waals surface area (Å²) in [5, 5.41) is 0.424. The van der Waals surface area contributed by atoms with Crippen molar-refractivity contribution < 1.29 is 14.3 Å². The summed E-state index contributed by atoms with van der Waals surface area (Å²) in [5.41, 5.74) is 1.37. The van der Waals surface area contributed by atoms with Crippen molar-refractivity contribution in [2.75, 3.05) is 18.1 Å². The molecule has 0 spiro atoms. The van der Waals surface area contributed by atoms with Crippen LogP contribution < -0.4 is 4.90 Å². The Morgan fingerprint density at radius 1 is 1.38 bits per heavy atom. The topological polar surface area (TPSA) is 46.6 Å². The van der Waals surface area contributed by atoms with Crippen molar-refractivity contribution in [2.24, 2.45) is 0 Å². The summed E-state index contributed by atoms with van der Waals surface area (Å²) in [6.45, 7) is 4.47. The van der Waals surface area contributed by atoms with Gasteiger partial charge in [0.2, 0.25) is 0 Å². The van der Waals surface area contributed by atoms with Crippen molar-refractivity contribution in [3.63, 3.8) is 0 Å². The largest absolute Gasteiger partial charge is 0.464 e. The Labute approximate surface area is 130 Å². The molecule has 2 rings (SSSR count). The van der Waals surface area contributed by atoms with Crippen molar-refractivity contribution in [1.29, 1.82) is 0 Å². The molecule has 0 N–H and O–H groups in total. The van der Waals surface area contributed by atoms with E-state index in [0.717, 1.165) is 31.5 Å². The van der Waals surface area contributed by atoms with Crippen LogP contribution in [0.1, 0.15) is 43.5 Å². The quantitative estimate of drug-likeness (QED) is 0.631. The first-order valence-electron chi connectivity index (χ1n) is 7.28. The van der Waals surface area contributed by atoms with Gasteiger partial charge in [-0.1, -0.05) is 11.6 Å². The first-order chi connectivity index (χ1) is 10.0. The van der Waals surface area contributed by atoms with Crippen LogP contribution in [-0.4, -0.2) is 30.9 Å². The number of ether oxygens (including phenoxy) is 1. The number of hydrogen-bond acceptors (Lipinski definition) is 4. The van der Waals surface area contributed by atoms with Crippen molar-refractivity contribution in [2.45, 2.75) is 39.2 Å². The van der Waals surface area contributed by atoms with Crippen LogP contribution in [0.5, 0.6) is 0 Å². The number of ketones is 1. The van der Waals surface area contributed by atoms with E-state index in [-0.39, 0.29) is 17.8 Å². The van der Waals surface area contributed by atoms with E-state index in [1.807, 2.05) is 17.9 Å². The van der Waals surface area contributed by atoms with E-state index < -0.39 is 0 Å². The fourth-order valence-corrected chi connectivity index (χ4v) is 3.00. The Morgan fingerprint density at radius 2 is 2.14 bits per heavy atom. The van der Waals surface area contributed by atoms with Crippen LogP contribution in [0.25, 0.3) is 0 Å². The molecule has 0 aliphatic carbocycles. The monoisotopic (exact) mass is 309 g/mol. The molecule has 5 heteroatoms. The number of halogens is 1. The Morgan fingerprint density at radius 3 is 2.76 bits per heavy atom. The number of carbonyl (C=O) groups is 2. The molecule has 4 nitrogen and oxygen atoms in total. The number of carbonyl (C=O) groups excluding carboxylic acids is 2. The molecule has 0 amide bonds. The number of hydrogen-bond donors (Lipinski definition) is 0. The zero-order valence-corrected chi connectivity index (χ0v) is 13.2. The second-order valence-corrected chi connectivity index (χ2v) is 5.58. The molecule has 1 aliphatic heterocycles. The van der Waals surface area contributed by atoms with Crippen molar-refractivity contribution in [1.82, 2.24) is 0 Å². The molecule has 114 valence electrons. The SMILES string of the molecule is CCOC(=O)C1CCCCN1c1ccc(C(C)=O)c(Cl)c1. The number of esters is 1. The van der Waals surface area contributed by atoms with Crippen LogP contribution in [0.2, 0.25) is 5.02 Å². The highest BCUT2D eigenvalue weighted by Gasteiger charge is 2.30. The molecule has 1 heterocycles. The number of anilines is 1. The summed E-state index contributed by atoms with van der Waals surface area (Å²) in [4.78, 5) is 25.6. The average Bonchev–Trinajstić information content (AvgIpc) is 2.47. The molecule has 0 saturated carbocycles. The third-order valence-corrected chi connectivity index (χ3v) is 4.04. The second kappa shape index (κ2) is 6.94. The van der Waals surface area contributed by atoms with Crippen LogP contribution in [0.15, 0.2) is 18.2 Å². The van der Waals surface area contributed by atoms with Crippen molar-refractivity contribution in [3.05, 3.63) is 28.8 Å². The molecule has 0 bridgehead atoms. The third-order valence-electron chi connectivity index (χ3n) is 3.73. The van der Waals surface area contributed by atoms with Crippen LogP contribution >= 0.6 is 11.6 Å². The number of Topliss-reactive ketones (excluding diaryl/α,β-unsaturated/α-hetero) is 1. The van der Waals surface area contributed by atoms with Crippen molar-refractivity contribution in [3.8, 4) is 0 Å². The van der Waals surface area contributed by atoms with E-state index in [9.17, 15) is 9.59 Å². The maximum atomic E-state index is 12.1. The van der Waals surface area contributed by atoms with E-state index in [1.165, 1.54) is 6.92 Å². The fraction of sp³-hybridized carbons (Fsp3) is 0.500.